The first kappa shape index (κ1) is 11.2. The first-order valence-corrected chi connectivity index (χ1v) is 8.41. The van der Waals surface area contributed by atoms with Gasteiger partial charge < -0.3 is 0 Å². The van der Waals surface area contributed by atoms with Crippen LogP contribution in [0.3, 0.4) is 0 Å². The summed E-state index contributed by atoms with van der Waals surface area (Å²) in [7, 11) is 0. The van der Waals surface area contributed by atoms with E-state index in [1.807, 2.05) is 18.2 Å². The van der Waals surface area contributed by atoms with E-state index >= 15 is 0 Å². The van der Waals surface area contributed by atoms with Crippen molar-refractivity contribution in [2.75, 3.05) is 18.5 Å². The van der Waals surface area contributed by atoms with Crippen molar-refractivity contribution in [2.24, 2.45) is 0 Å². The summed E-state index contributed by atoms with van der Waals surface area (Å²) in [5, 5.41) is 0. The third-order valence-corrected chi connectivity index (χ3v) is 7.30. The third-order valence-electron chi connectivity index (χ3n) is 1.41. The summed E-state index contributed by atoms with van der Waals surface area (Å²) in [5.41, 5.74) is 0. The van der Waals surface area contributed by atoms with E-state index in [2.05, 4.69) is 35.3 Å². The van der Waals surface area contributed by atoms with Crippen LogP contribution < -0.4 is 0 Å². The molecular formula is C9H16PSe+. The molecule has 0 fully saturated rings. The normalized spacial score (nSPS) is 10.6. The topological polar surface area (TPSA) is 0 Å². The predicted octanol–water partition coefficient (Wildman–Crippen LogP) is 2.38. The van der Waals surface area contributed by atoms with Gasteiger partial charge in [-0.25, -0.2) is 0 Å². The Kier molecular flexibility index (Phi) is 5.86. The summed E-state index contributed by atoms with van der Waals surface area (Å²) >= 11 is 2.82. The first-order valence-electron chi connectivity index (χ1n) is 3.60. The number of rotatable bonds is 6. The van der Waals surface area contributed by atoms with Crippen molar-refractivity contribution < 1.29 is 0 Å². The van der Waals surface area contributed by atoms with Gasteiger partial charge in [0.1, 0.15) is 0 Å². The molecule has 0 radical (unpaired) electrons. The zero-order valence-electron chi connectivity index (χ0n) is 6.87. The van der Waals surface area contributed by atoms with Crippen LogP contribution >= 0.6 is 5.95 Å². The van der Waals surface area contributed by atoms with E-state index in [0.717, 1.165) is 18.5 Å². The Balaban J connectivity index is 4.09. The van der Waals surface area contributed by atoms with Gasteiger partial charge in [-0.15, -0.1) is 0 Å². The van der Waals surface area contributed by atoms with Crippen LogP contribution in [0, 0.1) is 0 Å². The summed E-state index contributed by atoms with van der Waals surface area (Å²) in [6.07, 6.45) is 9.35. The molecule has 0 saturated heterocycles. The summed E-state index contributed by atoms with van der Waals surface area (Å²) in [5.74, 6) is -0.886. The molecular weight excluding hydrogens is 218 g/mol. The van der Waals surface area contributed by atoms with Gasteiger partial charge in [0, 0.05) is 0 Å². The standard InChI is InChI=1S/C9H16PSe/c1-4-7-10(11,8-5-2)9-6-3/h4-6,11H,1-3,7-9H2/q+1. The fourth-order valence-corrected chi connectivity index (χ4v) is 5.01. The SMILES string of the molecule is C=CC[P+]([SeH])(CC=C)CC=C. The van der Waals surface area contributed by atoms with Crippen LogP contribution in [0.15, 0.2) is 38.0 Å². The van der Waals surface area contributed by atoms with Crippen molar-refractivity contribution in [1.29, 1.82) is 0 Å². The molecule has 0 aliphatic heterocycles. The van der Waals surface area contributed by atoms with Gasteiger partial charge in [-0.2, -0.15) is 0 Å². The molecule has 0 saturated carbocycles. The van der Waals surface area contributed by atoms with E-state index in [-0.39, 0.29) is 0 Å². The molecule has 0 aliphatic carbocycles. The fourth-order valence-electron chi connectivity index (χ4n) is 0.945. The molecule has 0 aliphatic rings. The zero-order chi connectivity index (χ0) is 8.74. The van der Waals surface area contributed by atoms with Gasteiger partial charge in [-0.1, -0.05) is 0 Å². The quantitative estimate of drug-likeness (QED) is 0.376. The summed E-state index contributed by atoms with van der Waals surface area (Å²) in [6, 6.07) is 0. The van der Waals surface area contributed by atoms with Crippen LogP contribution in [-0.2, 0) is 0 Å². The fraction of sp³-hybridized carbons (Fsp3) is 0.333. The molecule has 0 aromatic carbocycles. The van der Waals surface area contributed by atoms with Gasteiger partial charge in [0.05, 0.1) is 0 Å². The van der Waals surface area contributed by atoms with E-state index in [4.69, 9.17) is 0 Å². The minimum atomic E-state index is -0.886. The summed E-state index contributed by atoms with van der Waals surface area (Å²) in [4.78, 5) is 0. The van der Waals surface area contributed by atoms with Crippen LogP contribution in [0.2, 0.25) is 0 Å². The van der Waals surface area contributed by atoms with E-state index in [1.165, 1.54) is 0 Å². The number of hydrogen-bond acceptors (Lipinski definition) is 0. The molecule has 0 bridgehead atoms. The molecule has 0 aromatic heterocycles. The molecule has 0 spiro atoms. The zero-order valence-corrected chi connectivity index (χ0v) is 9.64. The van der Waals surface area contributed by atoms with Crippen LogP contribution in [0.4, 0.5) is 0 Å². The predicted molar refractivity (Wildman–Crippen MR) is 59.3 cm³/mol. The van der Waals surface area contributed by atoms with Crippen LogP contribution in [0.5, 0.6) is 0 Å². The van der Waals surface area contributed by atoms with Gasteiger partial charge in [-0.3, -0.25) is 0 Å². The summed E-state index contributed by atoms with van der Waals surface area (Å²) < 4.78 is 0. The van der Waals surface area contributed by atoms with Crippen LogP contribution in [0.1, 0.15) is 0 Å². The van der Waals surface area contributed by atoms with Crippen LogP contribution in [-0.4, -0.2) is 34.1 Å². The minimum absolute atomic E-state index is 0.886. The first-order chi connectivity index (χ1) is 5.18. The van der Waals surface area contributed by atoms with E-state index in [0.29, 0.717) is 0 Å². The second kappa shape index (κ2) is 5.77. The maximum absolute atomic E-state index is 3.76. The third kappa shape index (κ3) is 4.58. The van der Waals surface area contributed by atoms with E-state index < -0.39 is 5.95 Å². The van der Waals surface area contributed by atoms with Crippen molar-refractivity contribution in [1.82, 2.24) is 0 Å². The van der Waals surface area contributed by atoms with Crippen molar-refractivity contribution in [3.63, 3.8) is 0 Å². The Morgan fingerprint density at radius 1 is 0.909 bits per heavy atom. The van der Waals surface area contributed by atoms with E-state index in [1.54, 1.807) is 0 Å². The Hall–Kier alpha value is 0.169. The van der Waals surface area contributed by atoms with Gasteiger partial charge >= 0.3 is 78.0 Å². The molecule has 0 heterocycles. The number of allylic oxidation sites excluding steroid dienone is 3. The molecule has 62 valence electrons. The van der Waals surface area contributed by atoms with Crippen molar-refractivity contribution in [2.45, 2.75) is 0 Å². The van der Waals surface area contributed by atoms with Crippen molar-refractivity contribution in [3.05, 3.63) is 38.0 Å². The molecule has 0 rings (SSSR count). The van der Waals surface area contributed by atoms with Gasteiger partial charge in [-0.05, 0) is 0 Å². The summed E-state index contributed by atoms with van der Waals surface area (Å²) in [6.45, 7) is 11.3. The number of hydrogen-bond donors (Lipinski definition) is 0. The Bertz CT molecular complexity index is 125. The molecule has 0 atom stereocenters. The molecule has 0 aromatic rings. The van der Waals surface area contributed by atoms with Gasteiger partial charge in [0.15, 0.2) is 0 Å². The molecule has 0 nitrogen and oxygen atoms in total. The Morgan fingerprint density at radius 2 is 1.18 bits per heavy atom. The monoisotopic (exact) mass is 235 g/mol. The second-order valence-electron chi connectivity index (χ2n) is 2.51. The molecule has 0 amide bonds. The second-order valence-corrected chi connectivity index (χ2v) is 11.1. The van der Waals surface area contributed by atoms with Gasteiger partial charge in [0.25, 0.3) is 0 Å². The molecule has 2 heteroatoms. The molecule has 0 N–H and O–H groups in total. The van der Waals surface area contributed by atoms with Gasteiger partial charge in [0.2, 0.25) is 0 Å². The average Bonchev–Trinajstić information content (AvgIpc) is 1.88. The molecule has 11 heavy (non-hydrogen) atoms. The molecule has 0 unspecified atom stereocenters. The Morgan fingerprint density at radius 3 is 1.36 bits per heavy atom. The maximum atomic E-state index is 3.76. The van der Waals surface area contributed by atoms with Crippen molar-refractivity contribution >= 4 is 21.5 Å². The van der Waals surface area contributed by atoms with E-state index in [9.17, 15) is 0 Å². The Labute approximate surface area is 78.2 Å². The average molecular weight is 234 g/mol. The van der Waals surface area contributed by atoms with Crippen LogP contribution in [0.25, 0.3) is 0 Å². The van der Waals surface area contributed by atoms with Crippen molar-refractivity contribution in [3.8, 4) is 0 Å².